The minimum Gasteiger partial charge on any atom is -0.478 e. The van der Waals surface area contributed by atoms with E-state index in [1.165, 1.54) is 0 Å². The quantitative estimate of drug-likeness (QED) is 0.360. The fraction of sp³-hybridized carbons (Fsp3) is 0.148. The highest BCUT2D eigenvalue weighted by atomic mass is 32.1. The van der Waals surface area contributed by atoms with Crippen LogP contribution in [0.25, 0.3) is 11.3 Å². The zero-order valence-electron chi connectivity index (χ0n) is 18.5. The summed E-state index contributed by atoms with van der Waals surface area (Å²) in [6.07, 6.45) is 1.78. The number of aromatic nitrogens is 1. The summed E-state index contributed by atoms with van der Waals surface area (Å²) in [5, 5.41) is 13.4. The van der Waals surface area contributed by atoms with Crippen LogP contribution >= 0.6 is 12.2 Å². The summed E-state index contributed by atoms with van der Waals surface area (Å²) in [4.78, 5) is 18.0. The molecular weight excluding hydrogens is 446 g/mol. The molecule has 1 saturated heterocycles. The van der Waals surface area contributed by atoms with E-state index in [1.807, 2.05) is 55.5 Å². The first-order chi connectivity index (χ1) is 16.5. The number of aryl methyl sites for hydroxylation is 1. The Morgan fingerprint density at radius 3 is 2.59 bits per heavy atom. The molecule has 170 valence electrons. The van der Waals surface area contributed by atoms with Gasteiger partial charge in [-0.05, 0) is 66.7 Å². The standard InChI is InChI=1S/C27H23N3O3S/c1-17-15-19(26(31)32)10-11-20(17)22-12-13-23(33-22)25-24(21-9-5-6-14-28-21)29-27(34)30(25)16-18-7-3-2-4-8-18/h2-15,24-25H,16H2,1H3,(H,29,34)(H,31,32)/t24-,25-/m1/s1. The van der Waals surface area contributed by atoms with E-state index < -0.39 is 5.97 Å². The molecule has 1 aliphatic rings. The zero-order chi connectivity index (χ0) is 23.7. The molecule has 0 amide bonds. The lowest BCUT2D eigenvalue weighted by atomic mass is 10.0. The molecule has 5 rings (SSSR count). The second-order valence-electron chi connectivity index (χ2n) is 8.28. The maximum atomic E-state index is 11.3. The maximum Gasteiger partial charge on any atom is 0.335 e. The SMILES string of the molecule is Cc1cc(C(=O)O)ccc1-c1ccc([C@@H]2[C@@H](c3ccccn3)NC(=S)N2Cc2ccccc2)o1. The second kappa shape index (κ2) is 9.11. The Kier molecular flexibility index (Phi) is 5.86. The highest BCUT2D eigenvalue weighted by molar-refractivity contribution is 7.80. The van der Waals surface area contributed by atoms with Crippen molar-refractivity contribution in [3.05, 3.63) is 113 Å². The number of hydrogen-bond donors (Lipinski definition) is 2. The van der Waals surface area contributed by atoms with Gasteiger partial charge in [0.25, 0.3) is 0 Å². The third-order valence-electron chi connectivity index (χ3n) is 6.05. The molecule has 2 aromatic carbocycles. The number of rotatable bonds is 6. The molecule has 0 spiro atoms. The van der Waals surface area contributed by atoms with Crippen LogP contribution in [0, 0.1) is 6.92 Å². The van der Waals surface area contributed by atoms with Gasteiger partial charge in [0.15, 0.2) is 5.11 Å². The fourth-order valence-corrected chi connectivity index (χ4v) is 4.70. The number of nitrogens with one attached hydrogen (secondary N) is 1. The lowest BCUT2D eigenvalue weighted by molar-refractivity contribution is 0.0697. The lowest BCUT2D eigenvalue weighted by Gasteiger charge is -2.26. The summed E-state index contributed by atoms with van der Waals surface area (Å²) in [6.45, 7) is 2.51. The van der Waals surface area contributed by atoms with Crippen molar-refractivity contribution < 1.29 is 14.3 Å². The monoisotopic (exact) mass is 469 g/mol. The van der Waals surface area contributed by atoms with Gasteiger partial charge in [-0.2, -0.15) is 0 Å². The van der Waals surface area contributed by atoms with Crippen molar-refractivity contribution in [3.63, 3.8) is 0 Å². The topological polar surface area (TPSA) is 78.6 Å². The summed E-state index contributed by atoms with van der Waals surface area (Å²) in [7, 11) is 0. The Hall–Kier alpha value is -3.97. The first-order valence-corrected chi connectivity index (χ1v) is 11.4. The number of thiocarbonyl (C=S) groups is 1. The van der Waals surface area contributed by atoms with E-state index in [9.17, 15) is 9.90 Å². The van der Waals surface area contributed by atoms with Crippen LogP contribution in [0.4, 0.5) is 0 Å². The van der Waals surface area contributed by atoms with Crippen LogP contribution in [0.15, 0.2) is 89.5 Å². The molecule has 0 bridgehead atoms. The molecule has 0 aliphatic carbocycles. The number of carbonyl (C=O) groups is 1. The van der Waals surface area contributed by atoms with Gasteiger partial charge in [0.2, 0.25) is 0 Å². The summed E-state index contributed by atoms with van der Waals surface area (Å²) >= 11 is 5.74. The molecule has 0 unspecified atom stereocenters. The predicted octanol–water partition coefficient (Wildman–Crippen LogP) is 5.52. The van der Waals surface area contributed by atoms with Crippen molar-refractivity contribution in [1.29, 1.82) is 0 Å². The van der Waals surface area contributed by atoms with Gasteiger partial charge in [-0.3, -0.25) is 4.98 Å². The molecule has 3 heterocycles. The molecule has 1 aliphatic heterocycles. The van der Waals surface area contributed by atoms with Gasteiger partial charge in [0, 0.05) is 18.3 Å². The first kappa shape index (κ1) is 21.9. The Labute approximate surface area is 202 Å². The van der Waals surface area contributed by atoms with Crippen molar-refractivity contribution in [1.82, 2.24) is 15.2 Å². The molecule has 2 atom stereocenters. The smallest absolute Gasteiger partial charge is 0.335 e. The van der Waals surface area contributed by atoms with E-state index in [0.717, 1.165) is 28.1 Å². The van der Waals surface area contributed by atoms with Crippen LogP contribution in [0.5, 0.6) is 0 Å². The van der Waals surface area contributed by atoms with E-state index in [4.69, 9.17) is 16.6 Å². The molecule has 0 saturated carbocycles. The number of nitrogens with zero attached hydrogens (tertiary/aromatic N) is 2. The van der Waals surface area contributed by atoms with Crippen LogP contribution in [-0.4, -0.2) is 26.1 Å². The van der Waals surface area contributed by atoms with Crippen molar-refractivity contribution in [2.75, 3.05) is 0 Å². The van der Waals surface area contributed by atoms with Crippen LogP contribution in [-0.2, 0) is 6.54 Å². The van der Waals surface area contributed by atoms with Gasteiger partial charge >= 0.3 is 5.97 Å². The van der Waals surface area contributed by atoms with E-state index in [0.29, 0.717) is 17.4 Å². The number of pyridine rings is 1. The Balaban J connectivity index is 1.53. The largest absolute Gasteiger partial charge is 0.478 e. The van der Waals surface area contributed by atoms with E-state index >= 15 is 0 Å². The maximum absolute atomic E-state index is 11.3. The summed E-state index contributed by atoms with van der Waals surface area (Å²) in [5.41, 5.74) is 3.97. The number of benzene rings is 2. The average Bonchev–Trinajstić information content (AvgIpc) is 3.45. The number of aromatic carboxylic acids is 1. The molecule has 4 aromatic rings. The molecule has 6 nitrogen and oxygen atoms in total. The summed E-state index contributed by atoms with van der Waals surface area (Å²) in [6, 6.07) is 24.6. The highest BCUT2D eigenvalue weighted by Crippen LogP contribution is 2.41. The molecule has 0 radical (unpaired) electrons. The van der Waals surface area contributed by atoms with Crippen LogP contribution in [0.1, 0.15) is 45.0 Å². The zero-order valence-corrected chi connectivity index (χ0v) is 19.3. The van der Waals surface area contributed by atoms with E-state index in [1.54, 1.807) is 24.4 Å². The second-order valence-corrected chi connectivity index (χ2v) is 8.66. The first-order valence-electron chi connectivity index (χ1n) is 11.0. The van der Waals surface area contributed by atoms with Crippen molar-refractivity contribution in [2.45, 2.75) is 25.6 Å². The number of furan rings is 1. The number of carboxylic acids is 1. The van der Waals surface area contributed by atoms with Gasteiger partial charge in [-0.1, -0.05) is 42.5 Å². The van der Waals surface area contributed by atoms with Crippen LogP contribution in [0.3, 0.4) is 0 Å². The molecule has 2 aromatic heterocycles. The Morgan fingerprint density at radius 2 is 1.88 bits per heavy atom. The third-order valence-corrected chi connectivity index (χ3v) is 6.40. The van der Waals surface area contributed by atoms with Gasteiger partial charge in [0.1, 0.15) is 17.6 Å². The normalized spacial score (nSPS) is 17.6. The van der Waals surface area contributed by atoms with Crippen molar-refractivity contribution in [2.24, 2.45) is 0 Å². The molecule has 34 heavy (non-hydrogen) atoms. The molecule has 1 fully saturated rings. The van der Waals surface area contributed by atoms with Gasteiger partial charge < -0.3 is 19.7 Å². The van der Waals surface area contributed by atoms with Crippen molar-refractivity contribution in [3.8, 4) is 11.3 Å². The lowest BCUT2D eigenvalue weighted by Crippen LogP contribution is -2.29. The van der Waals surface area contributed by atoms with Gasteiger partial charge in [-0.15, -0.1) is 0 Å². The molecular formula is C27H23N3O3S. The third kappa shape index (κ3) is 4.18. The molecule has 2 N–H and O–H groups in total. The number of hydrogen-bond acceptors (Lipinski definition) is 4. The van der Waals surface area contributed by atoms with Crippen LogP contribution < -0.4 is 5.32 Å². The van der Waals surface area contributed by atoms with Gasteiger partial charge in [-0.25, -0.2) is 4.79 Å². The minimum absolute atomic E-state index is 0.174. The summed E-state index contributed by atoms with van der Waals surface area (Å²) in [5.74, 6) is 0.493. The van der Waals surface area contributed by atoms with Gasteiger partial charge in [0.05, 0.1) is 17.3 Å². The average molecular weight is 470 g/mol. The number of carboxylic acid groups (broad SMARTS) is 1. The molecule has 7 heteroatoms. The minimum atomic E-state index is -0.949. The van der Waals surface area contributed by atoms with Crippen LogP contribution in [0.2, 0.25) is 0 Å². The highest BCUT2D eigenvalue weighted by Gasteiger charge is 2.41. The Bertz CT molecular complexity index is 1340. The predicted molar refractivity (Wildman–Crippen MR) is 133 cm³/mol. The Morgan fingerprint density at radius 1 is 1.09 bits per heavy atom. The van der Waals surface area contributed by atoms with Crippen molar-refractivity contribution >= 4 is 23.3 Å². The summed E-state index contributed by atoms with van der Waals surface area (Å²) < 4.78 is 6.39. The van der Waals surface area contributed by atoms with E-state index in [2.05, 4.69) is 27.3 Å². The van der Waals surface area contributed by atoms with E-state index in [-0.39, 0.29) is 17.6 Å². The fourth-order valence-electron chi connectivity index (χ4n) is 4.39.